The van der Waals surface area contributed by atoms with E-state index in [9.17, 15) is 9.59 Å². The number of aromatic nitrogens is 2. The van der Waals surface area contributed by atoms with Crippen LogP contribution in [0.25, 0.3) is 0 Å². The summed E-state index contributed by atoms with van der Waals surface area (Å²) in [7, 11) is 0. The van der Waals surface area contributed by atoms with Crippen LogP contribution in [0.1, 0.15) is 42.9 Å². The van der Waals surface area contributed by atoms with Gasteiger partial charge in [0.05, 0.1) is 11.4 Å². The monoisotopic (exact) mass is 265 g/mol. The van der Waals surface area contributed by atoms with Gasteiger partial charge in [0.1, 0.15) is 6.04 Å². The molecule has 0 aromatic carbocycles. The molecule has 0 radical (unpaired) electrons. The van der Waals surface area contributed by atoms with Gasteiger partial charge in [0.15, 0.2) is 5.69 Å². The van der Waals surface area contributed by atoms with Crippen LogP contribution in [-0.2, 0) is 11.2 Å². The Morgan fingerprint density at radius 1 is 1.53 bits per heavy atom. The molecule has 0 spiro atoms. The minimum atomic E-state index is -0.603. The van der Waals surface area contributed by atoms with Gasteiger partial charge in [0.25, 0.3) is 5.91 Å². The third-order valence-electron chi connectivity index (χ3n) is 3.12. The number of rotatable bonds is 5. The number of nitrogen functional groups attached to an aromatic ring is 1. The van der Waals surface area contributed by atoms with Crippen molar-refractivity contribution in [2.24, 2.45) is 0 Å². The first-order valence-electron chi connectivity index (χ1n) is 6.46. The Bertz CT molecular complexity index is 492. The molecule has 1 unspecified atom stereocenters. The summed E-state index contributed by atoms with van der Waals surface area (Å²) >= 11 is 0. The molecular formula is C12H19N5O2. The van der Waals surface area contributed by atoms with Crippen molar-refractivity contribution in [3.8, 4) is 0 Å². The maximum absolute atomic E-state index is 12.0. The highest BCUT2D eigenvalue weighted by Crippen LogP contribution is 2.18. The van der Waals surface area contributed by atoms with Crippen molar-refractivity contribution in [2.75, 3.05) is 5.73 Å². The van der Waals surface area contributed by atoms with E-state index in [0.29, 0.717) is 12.1 Å². The molecule has 5 N–H and O–H groups in total. The molecule has 0 saturated heterocycles. The third-order valence-corrected chi connectivity index (χ3v) is 3.12. The van der Waals surface area contributed by atoms with E-state index in [0.717, 1.165) is 18.5 Å². The average Bonchev–Trinajstić information content (AvgIpc) is 3.10. The van der Waals surface area contributed by atoms with E-state index in [-0.39, 0.29) is 17.6 Å². The minimum Gasteiger partial charge on any atom is -0.395 e. The summed E-state index contributed by atoms with van der Waals surface area (Å²) in [5.41, 5.74) is 7.01. The van der Waals surface area contributed by atoms with Crippen molar-refractivity contribution < 1.29 is 9.59 Å². The highest BCUT2D eigenvalue weighted by Gasteiger charge is 2.27. The Hall–Kier alpha value is -2.05. The Morgan fingerprint density at radius 3 is 2.74 bits per heavy atom. The number of carbonyl (C=O) groups excluding carboxylic acids is 2. The predicted octanol–water partition coefficient (Wildman–Crippen LogP) is -0.0488. The van der Waals surface area contributed by atoms with Crippen molar-refractivity contribution in [1.82, 2.24) is 20.8 Å². The van der Waals surface area contributed by atoms with Gasteiger partial charge in [0.2, 0.25) is 5.91 Å². The van der Waals surface area contributed by atoms with Crippen LogP contribution in [0.5, 0.6) is 0 Å². The topological polar surface area (TPSA) is 113 Å². The van der Waals surface area contributed by atoms with Crippen LogP contribution in [0.15, 0.2) is 0 Å². The highest BCUT2D eigenvalue weighted by atomic mass is 16.2. The van der Waals surface area contributed by atoms with Crippen molar-refractivity contribution in [3.05, 3.63) is 11.4 Å². The van der Waals surface area contributed by atoms with Crippen LogP contribution in [0.3, 0.4) is 0 Å². The zero-order valence-corrected chi connectivity index (χ0v) is 11.1. The van der Waals surface area contributed by atoms with Gasteiger partial charge in [-0.25, -0.2) is 0 Å². The van der Waals surface area contributed by atoms with Crippen LogP contribution < -0.4 is 16.4 Å². The maximum atomic E-state index is 12.0. The smallest absolute Gasteiger partial charge is 0.274 e. The first kappa shape index (κ1) is 13.4. The number of nitrogens with zero attached hydrogens (tertiary/aromatic N) is 1. The molecular weight excluding hydrogens is 246 g/mol. The molecule has 1 atom stereocenters. The van der Waals surface area contributed by atoms with Gasteiger partial charge in [0, 0.05) is 6.04 Å². The lowest BCUT2D eigenvalue weighted by atomic mass is 10.2. The number of aryl methyl sites for hydroxylation is 1. The first-order chi connectivity index (χ1) is 9.02. The number of nitrogens with two attached hydrogens (primary N) is 1. The lowest BCUT2D eigenvalue weighted by Crippen LogP contribution is -2.45. The Balaban J connectivity index is 1.95. The number of anilines is 1. The zero-order chi connectivity index (χ0) is 14.0. The number of H-pyrrole nitrogens is 1. The summed E-state index contributed by atoms with van der Waals surface area (Å²) in [6, 6.07) is -0.330. The third kappa shape index (κ3) is 3.04. The van der Waals surface area contributed by atoms with Crippen molar-refractivity contribution in [1.29, 1.82) is 0 Å². The number of amides is 2. The summed E-state index contributed by atoms with van der Waals surface area (Å²) in [5, 5.41) is 12.0. The van der Waals surface area contributed by atoms with Crippen LogP contribution in [0, 0.1) is 0 Å². The Morgan fingerprint density at radius 2 is 2.21 bits per heavy atom. The average molecular weight is 265 g/mol. The van der Waals surface area contributed by atoms with Crippen LogP contribution in [0.2, 0.25) is 0 Å². The lowest BCUT2D eigenvalue weighted by molar-refractivity contribution is -0.122. The molecule has 0 bridgehead atoms. The Kier molecular flexibility index (Phi) is 3.73. The fraction of sp³-hybridized carbons (Fsp3) is 0.583. The summed E-state index contributed by atoms with van der Waals surface area (Å²) in [6.07, 6.45) is 2.70. The minimum absolute atomic E-state index is 0.142. The van der Waals surface area contributed by atoms with Gasteiger partial charge in [-0.15, -0.1) is 0 Å². The van der Waals surface area contributed by atoms with Crippen LogP contribution >= 0.6 is 0 Å². The van der Waals surface area contributed by atoms with E-state index < -0.39 is 11.9 Å². The number of hydrogen-bond acceptors (Lipinski definition) is 4. The van der Waals surface area contributed by atoms with Gasteiger partial charge >= 0.3 is 0 Å². The normalized spacial score (nSPS) is 15.9. The first-order valence-corrected chi connectivity index (χ1v) is 6.46. The molecule has 1 heterocycles. The predicted molar refractivity (Wildman–Crippen MR) is 70.5 cm³/mol. The van der Waals surface area contributed by atoms with Crippen molar-refractivity contribution >= 4 is 17.5 Å². The molecule has 1 saturated carbocycles. The van der Waals surface area contributed by atoms with Gasteiger partial charge in [-0.2, -0.15) is 5.10 Å². The fourth-order valence-electron chi connectivity index (χ4n) is 1.71. The van der Waals surface area contributed by atoms with Crippen molar-refractivity contribution in [3.63, 3.8) is 0 Å². The van der Waals surface area contributed by atoms with E-state index in [1.165, 1.54) is 0 Å². The summed E-state index contributed by atoms with van der Waals surface area (Å²) < 4.78 is 0. The molecule has 1 aromatic rings. The number of aromatic amines is 1. The number of carbonyl (C=O) groups is 2. The zero-order valence-electron chi connectivity index (χ0n) is 11.1. The van der Waals surface area contributed by atoms with Gasteiger partial charge in [-0.3, -0.25) is 14.7 Å². The SMILES string of the molecule is CCc1[nH]nc(C(=O)NC(C)C(=O)NC2CC2)c1N. The van der Waals surface area contributed by atoms with E-state index in [4.69, 9.17) is 5.73 Å². The molecule has 2 rings (SSSR count). The van der Waals surface area contributed by atoms with Gasteiger partial charge in [-0.05, 0) is 26.2 Å². The molecule has 1 aliphatic carbocycles. The van der Waals surface area contributed by atoms with Gasteiger partial charge < -0.3 is 16.4 Å². The maximum Gasteiger partial charge on any atom is 0.274 e. The molecule has 2 amide bonds. The molecule has 1 aromatic heterocycles. The fourth-order valence-corrected chi connectivity index (χ4v) is 1.71. The molecule has 1 aliphatic rings. The second-order valence-electron chi connectivity index (χ2n) is 4.80. The molecule has 19 heavy (non-hydrogen) atoms. The second kappa shape index (κ2) is 5.29. The van der Waals surface area contributed by atoms with E-state index in [1.54, 1.807) is 6.92 Å². The molecule has 7 heteroatoms. The van der Waals surface area contributed by atoms with E-state index in [1.807, 2.05) is 6.92 Å². The quantitative estimate of drug-likeness (QED) is 0.598. The number of nitrogens with one attached hydrogen (secondary N) is 3. The standard InChI is InChI=1S/C12H19N5O2/c1-3-8-9(13)10(17-16-8)12(19)14-6(2)11(18)15-7-4-5-7/h6-7H,3-5,13H2,1-2H3,(H,14,19)(H,15,18)(H,16,17). The number of hydrogen-bond donors (Lipinski definition) is 4. The largest absolute Gasteiger partial charge is 0.395 e. The molecule has 0 aliphatic heterocycles. The van der Waals surface area contributed by atoms with Gasteiger partial charge in [-0.1, -0.05) is 6.92 Å². The van der Waals surface area contributed by atoms with Crippen LogP contribution in [0.4, 0.5) is 5.69 Å². The van der Waals surface area contributed by atoms with E-state index in [2.05, 4.69) is 20.8 Å². The molecule has 104 valence electrons. The van der Waals surface area contributed by atoms with E-state index >= 15 is 0 Å². The molecule has 1 fully saturated rings. The lowest BCUT2D eigenvalue weighted by Gasteiger charge is -2.13. The highest BCUT2D eigenvalue weighted by molar-refractivity contribution is 6.00. The molecule has 7 nitrogen and oxygen atoms in total. The Labute approximate surface area is 111 Å². The van der Waals surface area contributed by atoms with Crippen LogP contribution in [-0.4, -0.2) is 34.1 Å². The summed E-state index contributed by atoms with van der Waals surface area (Å²) in [5.74, 6) is -0.618. The van der Waals surface area contributed by atoms with Crippen molar-refractivity contribution in [2.45, 2.75) is 45.2 Å². The summed E-state index contributed by atoms with van der Waals surface area (Å²) in [6.45, 7) is 3.55. The summed E-state index contributed by atoms with van der Waals surface area (Å²) in [4.78, 5) is 23.7. The second-order valence-corrected chi connectivity index (χ2v) is 4.80.